The summed E-state index contributed by atoms with van der Waals surface area (Å²) in [6, 6.07) is 13.6. The molecule has 4 heteroatoms. The summed E-state index contributed by atoms with van der Waals surface area (Å²) in [6.07, 6.45) is 7.93. The molecule has 4 nitrogen and oxygen atoms in total. The van der Waals surface area contributed by atoms with E-state index in [1.54, 1.807) is 14.2 Å². The van der Waals surface area contributed by atoms with E-state index in [1.807, 2.05) is 6.07 Å². The second-order valence-electron chi connectivity index (χ2n) is 7.86. The third-order valence-electron chi connectivity index (χ3n) is 6.21. The van der Waals surface area contributed by atoms with E-state index in [1.165, 1.54) is 61.4 Å². The summed E-state index contributed by atoms with van der Waals surface area (Å²) in [7, 11) is 3.36. The minimum Gasteiger partial charge on any atom is -0.497 e. The van der Waals surface area contributed by atoms with Crippen LogP contribution in [-0.2, 0) is 4.84 Å². The van der Waals surface area contributed by atoms with Crippen molar-refractivity contribution in [2.45, 2.75) is 44.6 Å². The monoisotopic (exact) mass is 366 g/mol. The summed E-state index contributed by atoms with van der Waals surface area (Å²) in [5, 5.41) is 6.88. The van der Waals surface area contributed by atoms with Crippen LogP contribution >= 0.6 is 0 Å². The number of likely N-dealkylation sites (tertiary alicyclic amines) is 1. The first kappa shape index (κ1) is 18.3. The highest BCUT2D eigenvalue weighted by Gasteiger charge is 2.31. The zero-order valence-corrected chi connectivity index (χ0v) is 16.5. The van der Waals surface area contributed by atoms with E-state index in [9.17, 15) is 0 Å². The Morgan fingerprint density at radius 2 is 1.74 bits per heavy atom. The molecule has 1 heterocycles. The van der Waals surface area contributed by atoms with Crippen LogP contribution in [0.3, 0.4) is 0 Å². The second kappa shape index (κ2) is 8.30. The van der Waals surface area contributed by atoms with Crippen LogP contribution in [0.4, 0.5) is 0 Å². The minimum atomic E-state index is 0.440. The number of piperidine rings is 1. The van der Waals surface area contributed by atoms with Crippen molar-refractivity contribution in [2.24, 2.45) is 11.1 Å². The van der Waals surface area contributed by atoms with E-state index in [-0.39, 0.29) is 0 Å². The lowest BCUT2D eigenvalue weighted by Crippen LogP contribution is -2.43. The van der Waals surface area contributed by atoms with Gasteiger partial charge in [-0.1, -0.05) is 36.2 Å². The largest absolute Gasteiger partial charge is 0.497 e. The van der Waals surface area contributed by atoms with Crippen LogP contribution < -0.4 is 4.74 Å². The number of hydrogen-bond donors (Lipinski definition) is 0. The fourth-order valence-electron chi connectivity index (χ4n) is 4.80. The van der Waals surface area contributed by atoms with Crippen molar-refractivity contribution in [3.63, 3.8) is 0 Å². The summed E-state index contributed by atoms with van der Waals surface area (Å²) < 4.78 is 5.34. The Morgan fingerprint density at radius 1 is 0.963 bits per heavy atom. The van der Waals surface area contributed by atoms with Crippen LogP contribution in [0, 0.1) is 5.92 Å². The number of hydrogen-bond acceptors (Lipinski definition) is 4. The number of fused-ring (bicyclic) bond motifs is 1. The number of ether oxygens (including phenoxy) is 1. The predicted octanol–water partition coefficient (Wildman–Crippen LogP) is 4.85. The van der Waals surface area contributed by atoms with Crippen LogP contribution in [0.1, 0.15) is 44.1 Å². The van der Waals surface area contributed by atoms with Gasteiger partial charge in [0.2, 0.25) is 0 Å². The summed E-state index contributed by atoms with van der Waals surface area (Å²) in [5.74, 6) is 1.33. The van der Waals surface area contributed by atoms with Gasteiger partial charge < -0.3 is 9.57 Å². The first-order chi connectivity index (χ1) is 13.3. The highest BCUT2D eigenvalue weighted by Crippen LogP contribution is 2.30. The maximum Gasteiger partial charge on any atom is 0.119 e. The van der Waals surface area contributed by atoms with Crippen molar-refractivity contribution in [1.82, 2.24) is 4.90 Å². The lowest BCUT2D eigenvalue weighted by atomic mass is 9.87. The van der Waals surface area contributed by atoms with Crippen LogP contribution in [0.25, 0.3) is 10.8 Å². The molecule has 0 N–H and O–H groups in total. The molecule has 0 spiro atoms. The smallest absolute Gasteiger partial charge is 0.119 e. The Labute approximate surface area is 162 Å². The van der Waals surface area contributed by atoms with Gasteiger partial charge in [0, 0.05) is 24.1 Å². The predicted molar refractivity (Wildman–Crippen MR) is 111 cm³/mol. The van der Waals surface area contributed by atoms with Crippen molar-refractivity contribution in [3.05, 3.63) is 42.0 Å². The molecule has 2 aliphatic rings. The molecule has 2 fully saturated rings. The van der Waals surface area contributed by atoms with E-state index in [2.05, 4.69) is 40.4 Å². The van der Waals surface area contributed by atoms with Crippen molar-refractivity contribution in [3.8, 4) is 5.75 Å². The van der Waals surface area contributed by atoms with Crippen LogP contribution in [0.15, 0.2) is 41.6 Å². The summed E-state index contributed by atoms with van der Waals surface area (Å²) >= 11 is 0. The molecule has 2 aromatic rings. The summed E-state index contributed by atoms with van der Waals surface area (Å²) in [4.78, 5) is 7.98. The molecule has 2 aromatic carbocycles. The first-order valence-corrected chi connectivity index (χ1v) is 10.2. The van der Waals surface area contributed by atoms with E-state index in [0.29, 0.717) is 5.92 Å². The van der Waals surface area contributed by atoms with Crippen LogP contribution in [0.2, 0.25) is 0 Å². The van der Waals surface area contributed by atoms with Crippen LogP contribution in [-0.4, -0.2) is 44.0 Å². The fraction of sp³-hybridized carbons (Fsp3) is 0.522. The summed E-state index contributed by atoms with van der Waals surface area (Å²) in [6.45, 7) is 2.34. The Hall–Kier alpha value is -2.07. The number of methoxy groups -OCH3 is 1. The molecule has 0 unspecified atom stereocenters. The molecule has 0 bridgehead atoms. The standard InChI is InChI=1S/C23H30N2O2/c1-26-22-12-11-17-14-19(10-9-18(17)15-22)23(24-27-2)20-6-5-13-25(16-20)21-7-3-4-8-21/h9-12,14-15,20-21H,3-8,13,16H2,1-2H3/b24-23-/t20-/m1/s1. The van der Waals surface area contributed by atoms with Gasteiger partial charge in [-0.25, -0.2) is 0 Å². The second-order valence-corrected chi connectivity index (χ2v) is 7.86. The molecular weight excluding hydrogens is 336 g/mol. The third kappa shape index (κ3) is 3.96. The van der Waals surface area contributed by atoms with Gasteiger partial charge in [0.05, 0.1) is 12.8 Å². The Morgan fingerprint density at radius 3 is 2.52 bits per heavy atom. The molecule has 0 amide bonds. The van der Waals surface area contributed by atoms with E-state index < -0.39 is 0 Å². The zero-order chi connectivity index (χ0) is 18.6. The van der Waals surface area contributed by atoms with E-state index >= 15 is 0 Å². The molecule has 1 saturated carbocycles. The van der Waals surface area contributed by atoms with Gasteiger partial charge in [-0.15, -0.1) is 0 Å². The van der Waals surface area contributed by atoms with Gasteiger partial charge >= 0.3 is 0 Å². The summed E-state index contributed by atoms with van der Waals surface area (Å²) in [5.41, 5.74) is 2.27. The van der Waals surface area contributed by atoms with Gasteiger partial charge in [0.1, 0.15) is 12.9 Å². The van der Waals surface area contributed by atoms with Crippen molar-refractivity contribution < 1.29 is 9.57 Å². The Bertz CT molecular complexity index is 811. The maximum atomic E-state index is 5.34. The fourth-order valence-corrected chi connectivity index (χ4v) is 4.80. The van der Waals surface area contributed by atoms with Crippen LogP contribution in [0.5, 0.6) is 5.75 Å². The molecule has 1 saturated heterocycles. The first-order valence-electron chi connectivity index (χ1n) is 10.2. The quantitative estimate of drug-likeness (QED) is 0.560. The van der Waals surface area contributed by atoms with Gasteiger partial charge in [0.15, 0.2) is 0 Å². The lowest BCUT2D eigenvalue weighted by molar-refractivity contribution is 0.143. The zero-order valence-electron chi connectivity index (χ0n) is 16.5. The number of benzene rings is 2. The number of oxime groups is 1. The van der Waals surface area contributed by atoms with E-state index in [0.717, 1.165) is 24.0 Å². The molecule has 0 aromatic heterocycles. The maximum absolute atomic E-state index is 5.34. The minimum absolute atomic E-state index is 0.440. The number of nitrogens with zero attached hydrogens (tertiary/aromatic N) is 2. The average Bonchev–Trinajstić information content (AvgIpc) is 3.26. The molecule has 1 atom stereocenters. The van der Waals surface area contributed by atoms with Crippen molar-refractivity contribution in [2.75, 3.05) is 27.3 Å². The van der Waals surface area contributed by atoms with Gasteiger partial charge in [-0.2, -0.15) is 0 Å². The van der Waals surface area contributed by atoms with Gasteiger partial charge in [-0.3, -0.25) is 4.90 Å². The lowest BCUT2D eigenvalue weighted by Gasteiger charge is -2.37. The average molecular weight is 367 g/mol. The normalized spacial score (nSPS) is 22.3. The molecule has 144 valence electrons. The van der Waals surface area contributed by atoms with Gasteiger partial charge in [-0.05, 0) is 61.2 Å². The highest BCUT2D eigenvalue weighted by atomic mass is 16.6. The molecule has 1 aliphatic heterocycles. The molecular formula is C23H30N2O2. The van der Waals surface area contributed by atoms with E-state index in [4.69, 9.17) is 9.57 Å². The topological polar surface area (TPSA) is 34.1 Å². The Balaban J connectivity index is 1.60. The molecule has 0 radical (unpaired) electrons. The van der Waals surface area contributed by atoms with Crippen molar-refractivity contribution >= 4 is 16.5 Å². The molecule has 1 aliphatic carbocycles. The SMILES string of the molecule is CO/N=C(/c1ccc2cc(OC)ccc2c1)[C@@H]1CCCN(C2CCCC2)C1. The molecule has 27 heavy (non-hydrogen) atoms. The Kier molecular flexibility index (Phi) is 5.63. The third-order valence-corrected chi connectivity index (χ3v) is 6.21. The number of rotatable bonds is 5. The van der Waals surface area contributed by atoms with Gasteiger partial charge in [0.25, 0.3) is 0 Å². The van der Waals surface area contributed by atoms with Crippen molar-refractivity contribution in [1.29, 1.82) is 0 Å². The highest BCUT2D eigenvalue weighted by molar-refractivity contribution is 6.04. The molecule has 4 rings (SSSR count).